The molecular weight excluding hydrogens is 282 g/mol. The van der Waals surface area contributed by atoms with E-state index in [1.54, 1.807) is 42.6 Å². The van der Waals surface area contributed by atoms with Crippen LogP contribution < -0.4 is 4.90 Å². The number of benzene rings is 1. The number of hydrogen-bond donors (Lipinski definition) is 0. The number of imide groups is 1. The van der Waals surface area contributed by atoms with Gasteiger partial charge >= 0.3 is 6.03 Å². The number of carbonyl (C=O) groups excluding carboxylic acids is 2. The summed E-state index contributed by atoms with van der Waals surface area (Å²) >= 11 is 0. The zero-order valence-corrected chi connectivity index (χ0v) is 12.1. The first-order valence-corrected chi connectivity index (χ1v) is 6.76. The van der Waals surface area contributed by atoms with E-state index in [-0.39, 0.29) is 18.5 Å². The molecule has 0 N–H and O–H groups in total. The summed E-state index contributed by atoms with van der Waals surface area (Å²) in [5.74, 6) is -0.248. The van der Waals surface area contributed by atoms with E-state index in [0.29, 0.717) is 18.8 Å². The van der Waals surface area contributed by atoms with Crippen molar-refractivity contribution in [3.05, 3.63) is 55.1 Å². The average molecular weight is 299 g/mol. The maximum Gasteiger partial charge on any atom is 0.332 e. The van der Waals surface area contributed by atoms with E-state index in [4.69, 9.17) is 4.84 Å². The summed E-state index contributed by atoms with van der Waals surface area (Å²) in [5.41, 5.74) is 1.33. The molecule has 1 aliphatic heterocycles. The number of nitrogens with zero attached hydrogens (tertiary/aromatic N) is 3. The maximum absolute atomic E-state index is 12.2. The minimum atomic E-state index is -0.333. The van der Waals surface area contributed by atoms with Crippen molar-refractivity contribution in [1.82, 2.24) is 4.90 Å². The Kier molecular flexibility index (Phi) is 5.08. The lowest BCUT2D eigenvalue weighted by Crippen LogP contribution is -2.33. The molecule has 0 unspecified atom stereocenters. The van der Waals surface area contributed by atoms with Gasteiger partial charge in [-0.25, -0.2) is 9.69 Å². The van der Waals surface area contributed by atoms with E-state index in [9.17, 15) is 9.59 Å². The van der Waals surface area contributed by atoms with E-state index in [1.165, 1.54) is 9.80 Å². The van der Waals surface area contributed by atoms with Crippen LogP contribution in [0.25, 0.3) is 0 Å². The Morgan fingerprint density at radius 3 is 2.55 bits per heavy atom. The Morgan fingerprint density at radius 2 is 1.91 bits per heavy atom. The lowest BCUT2D eigenvalue weighted by molar-refractivity contribution is -0.116. The number of urea groups is 1. The molecule has 0 saturated carbocycles. The van der Waals surface area contributed by atoms with Crippen molar-refractivity contribution in [2.75, 3.05) is 24.6 Å². The van der Waals surface area contributed by atoms with Crippen LogP contribution >= 0.6 is 0 Å². The first kappa shape index (κ1) is 15.5. The van der Waals surface area contributed by atoms with Crippen molar-refractivity contribution in [3.63, 3.8) is 0 Å². The molecule has 114 valence electrons. The molecule has 6 heteroatoms. The molecule has 1 aliphatic rings. The monoisotopic (exact) mass is 299 g/mol. The molecule has 1 heterocycles. The molecule has 0 atom stereocenters. The number of oxime groups is 1. The second-order valence-corrected chi connectivity index (χ2v) is 4.59. The summed E-state index contributed by atoms with van der Waals surface area (Å²) in [5, 5.41) is 3.76. The predicted molar refractivity (Wildman–Crippen MR) is 84.8 cm³/mol. The Morgan fingerprint density at radius 1 is 1.18 bits per heavy atom. The van der Waals surface area contributed by atoms with Gasteiger partial charge in [-0.1, -0.05) is 36.0 Å². The molecule has 3 amide bonds. The molecule has 0 aromatic heterocycles. The first-order valence-electron chi connectivity index (χ1n) is 6.76. The standard InChI is InChI=1S/C16H17N3O3/c1-3-9-18-12-15(20)19(16(18)21)14-7-5-13(6-8-14)11-17-22-10-4-2/h3-8,11H,1-2,9-10,12H2/b17-11+. The van der Waals surface area contributed by atoms with Crippen LogP contribution in [0.4, 0.5) is 10.5 Å². The van der Waals surface area contributed by atoms with Crippen molar-refractivity contribution < 1.29 is 14.4 Å². The van der Waals surface area contributed by atoms with E-state index < -0.39 is 0 Å². The van der Waals surface area contributed by atoms with Crippen LogP contribution in [-0.2, 0) is 9.63 Å². The van der Waals surface area contributed by atoms with Crippen LogP contribution in [0, 0.1) is 0 Å². The molecule has 22 heavy (non-hydrogen) atoms. The highest BCUT2D eigenvalue weighted by molar-refractivity contribution is 6.19. The van der Waals surface area contributed by atoms with Gasteiger partial charge in [0.05, 0.1) is 11.9 Å². The molecular formula is C16H17N3O3. The first-order chi connectivity index (χ1) is 10.7. The van der Waals surface area contributed by atoms with Gasteiger partial charge < -0.3 is 9.74 Å². The van der Waals surface area contributed by atoms with Crippen LogP contribution in [0.2, 0.25) is 0 Å². The largest absolute Gasteiger partial charge is 0.392 e. The Labute approximate surface area is 129 Å². The molecule has 1 aromatic rings. The van der Waals surface area contributed by atoms with Crippen LogP contribution in [0.5, 0.6) is 0 Å². The minimum Gasteiger partial charge on any atom is -0.392 e. The summed E-state index contributed by atoms with van der Waals surface area (Å²) < 4.78 is 0. The lowest BCUT2D eigenvalue weighted by Gasteiger charge is -2.15. The number of amides is 3. The Hall–Kier alpha value is -2.89. The number of anilines is 1. The topological polar surface area (TPSA) is 62.2 Å². The maximum atomic E-state index is 12.2. The summed E-state index contributed by atoms with van der Waals surface area (Å²) in [6.07, 6.45) is 4.74. The second kappa shape index (κ2) is 7.21. The van der Waals surface area contributed by atoms with Gasteiger partial charge in [-0.15, -0.1) is 6.58 Å². The smallest absolute Gasteiger partial charge is 0.332 e. The molecule has 0 radical (unpaired) electrons. The normalized spacial score (nSPS) is 14.7. The molecule has 1 fully saturated rings. The molecule has 2 rings (SSSR count). The average Bonchev–Trinajstić information content (AvgIpc) is 2.79. The van der Waals surface area contributed by atoms with Crippen LogP contribution in [0.15, 0.2) is 54.7 Å². The van der Waals surface area contributed by atoms with Gasteiger partial charge in [-0.05, 0) is 17.7 Å². The molecule has 0 spiro atoms. The predicted octanol–water partition coefficient (Wildman–Crippen LogP) is 2.18. The summed E-state index contributed by atoms with van der Waals surface area (Å²) in [4.78, 5) is 31.6. The number of carbonyl (C=O) groups is 2. The van der Waals surface area contributed by atoms with Crippen molar-refractivity contribution in [2.24, 2.45) is 5.16 Å². The van der Waals surface area contributed by atoms with Crippen molar-refractivity contribution >= 4 is 23.8 Å². The Bertz CT molecular complexity index is 608. The zero-order valence-electron chi connectivity index (χ0n) is 12.1. The van der Waals surface area contributed by atoms with Gasteiger partial charge in [0.25, 0.3) is 5.91 Å². The third-order valence-electron chi connectivity index (χ3n) is 3.01. The fourth-order valence-electron chi connectivity index (χ4n) is 2.01. The third kappa shape index (κ3) is 3.41. The number of hydrogen-bond acceptors (Lipinski definition) is 4. The molecule has 0 bridgehead atoms. The third-order valence-corrected chi connectivity index (χ3v) is 3.01. The highest BCUT2D eigenvalue weighted by atomic mass is 16.6. The van der Waals surface area contributed by atoms with Gasteiger partial charge in [0, 0.05) is 6.54 Å². The zero-order chi connectivity index (χ0) is 15.9. The molecule has 1 aromatic carbocycles. The van der Waals surface area contributed by atoms with Gasteiger partial charge in [-0.2, -0.15) is 0 Å². The van der Waals surface area contributed by atoms with Gasteiger partial charge in [0.2, 0.25) is 0 Å². The van der Waals surface area contributed by atoms with Crippen LogP contribution in [0.3, 0.4) is 0 Å². The highest BCUT2D eigenvalue weighted by Gasteiger charge is 2.36. The molecule has 1 saturated heterocycles. The highest BCUT2D eigenvalue weighted by Crippen LogP contribution is 2.21. The summed E-state index contributed by atoms with van der Waals surface area (Å²) in [6, 6.07) is 6.57. The van der Waals surface area contributed by atoms with Crippen LogP contribution in [0.1, 0.15) is 5.56 Å². The summed E-state index contributed by atoms with van der Waals surface area (Å²) in [7, 11) is 0. The molecule has 6 nitrogen and oxygen atoms in total. The molecule has 0 aliphatic carbocycles. The second-order valence-electron chi connectivity index (χ2n) is 4.59. The fraction of sp³-hybridized carbons (Fsp3) is 0.188. The van der Waals surface area contributed by atoms with Crippen molar-refractivity contribution in [2.45, 2.75) is 0 Å². The van der Waals surface area contributed by atoms with Gasteiger partial charge in [0.1, 0.15) is 13.2 Å². The van der Waals surface area contributed by atoms with E-state index in [2.05, 4.69) is 18.3 Å². The Balaban J connectivity index is 2.08. The summed E-state index contributed by atoms with van der Waals surface area (Å²) in [6.45, 7) is 7.86. The van der Waals surface area contributed by atoms with Gasteiger partial charge in [0.15, 0.2) is 0 Å². The van der Waals surface area contributed by atoms with Gasteiger partial charge in [-0.3, -0.25) is 4.79 Å². The van der Waals surface area contributed by atoms with E-state index >= 15 is 0 Å². The number of rotatable bonds is 7. The van der Waals surface area contributed by atoms with E-state index in [0.717, 1.165) is 5.56 Å². The quantitative estimate of drug-likeness (QED) is 0.255. The van der Waals surface area contributed by atoms with Crippen molar-refractivity contribution in [3.8, 4) is 0 Å². The van der Waals surface area contributed by atoms with E-state index in [1.807, 2.05) is 0 Å². The van der Waals surface area contributed by atoms with Crippen molar-refractivity contribution in [1.29, 1.82) is 0 Å². The lowest BCUT2D eigenvalue weighted by atomic mass is 10.2. The SMILES string of the molecule is C=CCO/N=C/c1ccc(N2C(=O)CN(CC=C)C2=O)cc1. The fourth-order valence-corrected chi connectivity index (χ4v) is 2.01. The van der Waals surface area contributed by atoms with Crippen LogP contribution in [-0.4, -0.2) is 42.7 Å². The minimum absolute atomic E-state index is 0.0729.